The van der Waals surface area contributed by atoms with Gasteiger partial charge in [0.2, 0.25) is 0 Å². The fourth-order valence-electron chi connectivity index (χ4n) is 3.98. The van der Waals surface area contributed by atoms with Gasteiger partial charge < -0.3 is 4.74 Å². The fourth-order valence-corrected chi connectivity index (χ4v) is 4.60. The minimum Gasteiger partial charge on any atom is -0.459 e. The van der Waals surface area contributed by atoms with Gasteiger partial charge in [-0.1, -0.05) is 6.92 Å². The molecule has 2 unspecified atom stereocenters. The predicted octanol–water partition coefficient (Wildman–Crippen LogP) is 2.52. The first-order valence-corrected chi connectivity index (χ1v) is 9.14. The lowest BCUT2D eigenvalue weighted by molar-refractivity contribution is -0.161. The average Bonchev–Trinajstić information content (AvgIpc) is 2.31. The van der Waals surface area contributed by atoms with E-state index in [1.807, 2.05) is 0 Å². The molecule has 2 bridgehead atoms. The number of fused-ring (bicyclic) bond motifs is 2. The first-order valence-electron chi connectivity index (χ1n) is 7.54. The molecular weight excluding hydrogens is 318 g/mol. The Hall–Kier alpha value is -0.760. The van der Waals surface area contributed by atoms with Crippen LogP contribution in [0.4, 0.5) is 8.78 Å². The molecule has 2 aliphatic carbocycles. The second-order valence-electron chi connectivity index (χ2n) is 6.90. The summed E-state index contributed by atoms with van der Waals surface area (Å²) in [5.74, 6) is -5.04. The Morgan fingerprint density at radius 3 is 2.23 bits per heavy atom. The molecule has 1 N–H and O–H groups in total. The Kier molecular flexibility index (Phi) is 5.11. The highest BCUT2D eigenvalue weighted by molar-refractivity contribution is 7.85. The molecule has 0 saturated heterocycles. The van der Waals surface area contributed by atoms with Crippen molar-refractivity contribution >= 4 is 16.1 Å². The van der Waals surface area contributed by atoms with Gasteiger partial charge in [-0.05, 0) is 49.9 Å². The van der Waals surface area contributed by atoms with E-state index in [4.69, 9.17) is 4.55 Å². The average molecular weight is 340 g/mol. The molecule has 0 amide bonds. The highest BCUT2D eigenvalue weighted by Crippen LogP contribution is 2.45. The van der Waals surface area contributed by atoms with Crippen LogP contribution in [0.2, 0.25) is 0 Å². The monoisotopic (exact) mass is 340 g/mol. The highest BCUT2D eigenvalue weighted by atomic mass is 32.2. The first kappa shape index (κ1) is 17.6. The lowest BCUT2D eigenvalue weighted by Gasteiger charge is -2.40. The Morgan fingerprint density at radius 2 is 1.73 bits per heavy atom. The van der Waals surface area contributed by atoms with Gasteiger partial charge in [-0.25, -0.2) is 8.78 Å². The van der Waals surface area contributed by atoms with E-state index in [0.29, 0.717) is 30.6 Å². The van der Waals surface area contributed by atoms with Crippen molar-refractivity contribution in [1.82, 2.24) is 0 Å². The van der Waals surface area contributed by atoms with Crippen molar-refractivity contribution in [1.29, 1.82) is 0 Å². The molecule has 8 heteroatoms. The van der Waals surface area contributed by atoms with Crippen LogP contribution in [-0.4, -0.2) is 37.2 Å². The highest BCUT2D eigenvalue weighted by Gasteiger charge is 2.40. The zero-order valence-corrected chi connectivity index (χ0v) is 13.3. The van der Waals surface area contributed by atoms with E-state index in [9.17, 15) is 22.0 Å². The smallest absolute Gasteiger partial charge is 0.309 e. The molecule has 0 aliphatic heterocycles. The van der Waals surface area contributed by atoms with Crippen LogP contribution >= 0.6 is 0 Å². The van der Waals surface area contributed by atoms with Gasteiger partial charge in [0.25, 0.3) is 16.0 Å². The standard InChI is InChI=1S/C14H22F2O5S/c1-9-2-10-4-11(3-9)6-12(5-10)13(17)21-7-14(15,16)8-22(18,19)20/h9-12H,2-8H2,1H3,(H,18,19,20). The molecule has 5 nitrogen and oxygen atoms in total. The summed E-state index contributed by atoms with van der Waals surface area (Å²) in [6, 6.07) is 0. The summed E-state index contributed by atoms with van der Waals surface area (Å²) < 4.78 is 60.7. The molecule has 0 aromatic rings. The topological polar surface area (TPSA) is 80.7 Å². The van der Waals surface area contributed by atoms with Crippen LogP contribution in [0.1, 0.15) is 39.0 Å². The number of rotatable bonds is 5. The molecule has 0 heterocycles. The minimum absolute atomic E-state index is 0.377. The number of carbonyl (C=O) groups excluding carboxylic acids is 1. The van der Waals surface area contributed by atoms with Gasteiger partial charge in [0.15, 0.2) is 6.61 Å². The number of hydrogen-bond donors (Lipinski definition) is 1. The van der Waals surface area contributed by atoms with Crippen molar-refractivity contribution in [2.45, 2.75) is 45.0 Å². The van der Waals surface area contributed by atoms with E-state index >= 15 is 0 Å². The Bertz CT molecular complexity index is 501. The van der Waals surface area contributed by atoms with E-state index in [-0.39, 0.29) is 5.92 Å². The van der Waals surface area contributed by atoms with Gasteiger partial charge in [0, 0.05) is 0 Å². The quantitative estimate of drug-likeness (QED) is 0.614. The molecule has 0 spiro atoms. The lowest BCUT2D eigenvalue weighted by atomic mass is 9.65. The number of alkyl halides is 2. The van der Waals surface area contributed by atoms with Gasteiger partial charge in [-0.15, -0.1) is 0 Å². The molecule has 2 fully saturated rings. The molecule has 2 saturated carbocycles. The maximum absolute atomic E-state index is 13.3. The van der Waals surface area contributed by atoms with Crippen molar-refractivity contribution in [2.24, 2.45) is 23.7 Å². The number of carbonyl (C=O) groups is 1. The predicted molar refractivity (Wildman–Crippen MR) is 75.0 cm³/mol. The Balaban J connectivity index is 1.85. The van der Waals surface area contributed by atoms with E-state index in [1.165, 1.54) is 0 Å². The molecule has 0 radical (unpaired) electrons. The summed E-state index contributed by atoms with van der Waals surface area (Å²) in [6.45, 7) is 0.877. The van der Waals surface area contributed by atoms with Gasteiger partial charge in [0.05, 0.1) is 5.92 Å². The van der Waals surface area contributed by atoms with Crippen LogP contribution in [-0.2, 0) is 19.6 Å². The summed E-state index contributed by atoms with van der Waals surface area (Å²) >= 11 is 0. The number of halogens is 2. The van der Waals surface area contributed by atoms with Gasteiger partial charge >= 0.3 is 5.97 Å². The second-order valence-corrected chi connectivity index (χ2v) is 8.36. The van der Waals surface area contributed by atoms with Crippen LogP contribution in [0.15, 0.2) is 0 Å². The van der Waals surface area contributed by atoms with E-state index < -0.39 is 34.4 Å². The summed E-state index contributed by atoms with van der Waals surface area (Å²) in [5, 5.41) is 0. The van der Waals surface area contributed by atoms with Crippen molar-refractivity contribution in [3.8, 4) is 0 Å². The van der Waals surface area contributed by atoms with Gasteiger partial charge in [-0.2, -0.15) is 8.42 Å². The Morgan fingerprint density at radius 1 is 1.18 bits per heavy atom. The summed E-state index contributed by atoms with van der Waals surface area (Å²) in [4.78, 5) is 12.0. The molecular formula is C14H22F2O5S. The van der Waals surface area contributed by atoms with Crippen LogP contribution < -0.4 is 0 Å². The van der Waals surface area contributed by atoms with Crippen molar-refractivity contribution < 1.29 is 31.3 Å². The minimum atomic E-state index is -4.81. The molecule has 0 aromatic heterocycles. The maximum atomic E-state index is 13.3. The Labute approximate surface area is 129 Å². The molecule has 128 valence electrons. The van der Waals surface area contributed by atoms with Crippen LogP contribution in [0, 0.1) is 23.7 Å². The van der Waals surface area contributed by atoms with Crippen molar-refractivity contribution in [2.75, 3.05) is 12.4 Å². The first-order chi connectivity index (χ1) is 10.0. The third kappa shape index (κ3) is 5.15. The summed E-state index contributed by atoms with van der Waals surface area (Å²) in [7, 11) is -4.81. The van der Waals surface area contributed by atoms with Crippen molar-refractivity contribution in [3.05, 3.63) is 0 Å². The third-order valence-electron chi connectivity index (χ3n) is 4.53. The van der Waals surface area contributed by atoms with Crippen LogP contribution in [0.3, 0.4) is 0 Å². The van der Waals surface area contributed by atoms with Gasteiger partial charge in [-0.3, -0.25) is 9.35 Å². The van der Waals surface area contributed by atoms with Crippen LogP contribution in [0.5, 0.6) is 0 Å². The molecule has 2 atom stereocenters. The van der Waals surface area contributed by atoms with Crippen LogP contribution in [0.25, 0.3) is 0 Å². The molecule has 22 heavy (non-hydrogen) atoms. The zero-order valence-electron chi connectivity index (χ0n) is 12.5. The van der Waals surface area contributed by atoms with E-state index in [1.54, 1.807) is 0 Å². The molecule has 2 rings (SSSR count). The molecule has 2 aliphatic rings. The van der Waals surface area contributed by atoms with E-state index in [2.05, 4.69) is 11.7 Å². The van der Waals surface area contributed by atoms with E-state index in [0.717, 1.165) is 19.3 Å². The third-order valence-corrected chi connectivity index (χ3v) is 5.31. The number of esters is 1. The number of hydrogen-bond acceptors (Lipinski definition) is 4. The lowest BCUT2D eigenvalue weighted by Crippen LogP contribution is -2.37. The second kappa shape index (κ2) is 6.39. The number of ether oxygens (including phenoxy) is 1. The normalized spacial score (nSPS) is 32.5. The SMILES string of the molecule is CC1CC2CC(C1)CC(C(=O)OCC(F)(F)CS(=O)(=O)O)C2. The summed E-state index contributed by atoms with van der Waals surface area (Å²) in [6.07, 6.45) is 4.51. The fraction of sp³-hybridized carbons (Fsp3) is 0.929. The van der Waals surface area contributed by atoms with Gasteiger partial charge in [0.1, 0.15) is 5.75 Å². The summed E-state index contributed by atoms with van der Waals surface area (Å²) in [5.41, 5.74) is 0. The zero-order chi connectivity index (χ0) is 16.5. The largest absolute Gasteiger partial charge is 0.459 e. The van der Waals surface area contributed by atoms with Crippen molar-refractivity contribution in [3.63, 3.8) is 0 Å². The maximum Gasteiger partial charge on any atom is 0.309 e. The molecule has 0 aromatic carbocycles.